The van der Waals surface area contributed by atoms with Crippen molar-refractivity contribution < 1.29 is 14.4 Å². The van der Waals surface area contributed by atoms with E-state index < -0.39 is 17.7 Å². The Hall–Kier alpha value is -2.95. The summed E-state index contributed by atoms with van der Waals surface area (Å²) in [5.74, 6) is -1.93. The van der Waals surface area contributed by atoms with Crippen LogP contribution in [0, 0.1) is 0 Å². The summed E-state index contributed by atoms with van der Waals surface area (Å²) in [7, 11) is 0. The molecular weight excluding hydrogens is 304 g/mol. The van der Waals surface area contributed by atoms with Crippen LogP contribution in [-0.2, 0) is 16.0 Å². The molecule has 122 valence electrons. The van der Waals surface area contributed by atoms with Crippen molar-refractivity contribution >= 4 is 17.7 Å². The number of benzene rings is 2. The number of nitrogens with zero attached hydrogens (tertiary/aromatic N) is 1. The first kappa shape index (κ1) is 15.9. The van der Waals surface area contributed by atoms with Crippen molar-refractivity contribution in [3.63, 3.8) is 0 Å². The minimum atomic E-state index is -0.784. The average molecular weight is 322 g/mol. The molecule has 3 amide bonds. The van der Waals surface area contributed by atoms with Crippen molar-refractivity contribution in [1.29, 1.82) is 0 Å². The molecule has 5 heteroatoms. The Bertz CT molecular complexity index is 744. The van der Waals surface area contributed by atoms with E-state index in [1.165, 1.54) is 0 Å². The largest absolute Gasteiger partial charge is 0.346 e. The molecule has 0 spiro atoms. The lowest BCUT2D eigenvalue weighted by Gasteiger charge is -2.33. The van der Waals surface area contributed by atoms with Crippen molar-refractivity contribution in [2.75, 3.05) is 6.54 Å². The first-order chi connectivity index (χ1) is 11.7. The van der Waals surface area contributed by atoms with Crippen LogP contribution in [0.2, 0.25) is 0 Å². The maximum Gasteiger partial charge on any atom is 0.319 e. The fraction of sp³-hybridized carbons (Fsp3) is 0.211. The molecule has 0 radical (unpaired) electrons. The summed E-state index contributed by atoms with van der Waals surface area (Å²) in [4.78, 5) is 37.8. The van der Waals surface area contributed by atoms with E-state index in [0.29, 0.717) is 12.0 Å². The number of nitrogens with one attached hydrogen (secondary N) is 1. The minimum Gasteiger partial charge on any atom is -0.346 e. The molecule has 1 saturated heterocycles. The molecule has 0 aliphatic carbocycles. The van der Waals surface area contributed by atoms with Gasteiger partial charge in [-0.15, -0.1) is 0 Å². The number of hydrogen-bond donors (Lipinski definition) is 1. The second-order valence-electron chi connectivity index (χ2n) is 5.73. The Balaban J connectivity index is 1.79. The van der Waals surface area contributed by atoms with Crippen molar-refractivity contribution in [3.8, 4) is 0 Å². The number of carbonyl (C=O) groups is 3. The summed E-state index contributed by atoms with van der Waals surface area (Å²) in [6, 6.07) is 18.1. The third-order valence-corrected chi connectivity index (χ3v) is 4.13. The zero-order valence-electron chi connectivity index (χ0n) is 13.1. The molecule has 1 unspecified atom stereocenters. The quantitative estimate of drug-likeness (QED) is 0.689. The number of amides is 3. The molecule has 2 aromatic carbocycles. The molecule has 0 bridgehead atoms. The Morgan fingerprint density at radius 3 is 2.29 bits per heavy atom. The molecule has 1 aliphatic heterocycles. The lowest BCUT2D eigenvalue weighted by Crippen LogP contribution is -2.60. The Kier molecular flexibility index (Phi) is 4.70. The average Bonchev–Trinajstić information content (AvgIpc) is 2.64. The number of hydrogen-bond acceptors (Lipinski definition) is 3. The van der Waals surface area contributed by atoms with E-state index in [-0.39, 0.29) is 12.6 Å². The number of imide groups is 1. The summed E-state index contributed by atoms with van der Waals surface area (Å²) in [6.07, 6.45) is 1.34. The van der Waals surface area contributed by atoms with Gasteiger partial charge in [-0.05, 0) is 30.5 Å². The SMILES string of the molecule is O=C1NCC(CCc2ccccc2)N(C(=O)c2ccccc2)C1=O. The van der Waals surface area contributed by atoms with Crippen molar-refractivity contribution in [2.45, 2.75) is 18.9 Å². The zero-order valence-corrected chi connectivity index (χ0v) is 13.1. The van der Waals surface area contributed by atoms with E-state index in [1.807, 2.05) is 30.3 Å². The molecule has 1 aliphatic rings. The molecule has 1 heterocycles. The monoisotopic (exact) mass is 322 g/mol. The third-order valence-electron chi connectivity index (χ3n) is 4.13. The molecule has 5 nitrogen and oxygen atoms in total. The summed E-state index contributed by atoms with van der Waals surface area (Å²) in [5.41, 5.74) is 1.54. The number of rotatable bonds is 4. The van der Waals surface area contributed by atoms with Crippen LogP contribution in [0.4, 0.5) is 0 Å². The molecule has 1 N–H and O–H groups in total. The van der Waals surface area contributed by atoms with Crippen molar-refractivity contribution in [3.05, 3.63) is 71.8 Å². The first-order valence-electron chi connectivity index (χ1n) is 7.91. The summed E-state index contributed by atoms with van der Waals surface area (Å²) in [5, 5.41) is 2.57. The van der Waals surface area contributed by atoms with Crippen LogP contribution < -0.4 is 5.32 Å². The molecule has 0 aromatic heterocycles. The molecule has 3 rings (SSSR count). The number of carbonyl (C=O) groups excluding carboxylic acids is 3. The maximum atomic E-state index is 12.7. The second-order valence-corrected chi connectivity index (χ2v) is 5.73. The van der Waals surface area contributed by atoms with Crippen LogP contribution in [0.15, 0.2) is 60.7 Å². The fourth-order valence-electron chi connectivity index (χ4n) is 2.84. The summed E-state index contributed by atoms with van der Waals surface area (Å²) >= 11 is 0. The smallest absolute Gasteiger partial charge is 0.319 e. The van der Waals surface area contributed by atoms with E-state index in [4.69, 9.17) is 0 Å². The van der Waals surface area contributed by atoms with Gasteiger partial charge in [0.1, 0.15) is 0 Å². The molecular formula is C19H18N2O3. The van der Waals surface area contributed by atoms with Gasteiger partial charge in [0.2, 0.25) is 0 Å². The first-order valence-corrected chi connectivity index (χ1v) is 7.91. The summed E-state index contributed by atoms with van der Waals surface area (Å²) in [6.45, 7) is 0.288. The predicted octanol–water partition coefficient (Wildman–Crippen LogP) is 1.79. The van der Waals surface area contributed by atoms with Gasteiger partial charge in [-0.25, -0.2) is 0 Å². The third kappa shape index (κ3) is 3.35. The van der Waals surface area contributed by atoms with Crippen molar-refractivity contribution in [2.24, 2.45) is 0 Å². The van der Waals surface area contributed by atoms with Gasteiger partial charge in [-0.2, -0.15) is 0 Å². The van der Waals surface area contributed by atoms with Gasteiger partial charge in [0.05, 0.1) is 6.04 Å². The number of piperazine rings is 1. The molecule has 1 atom stereocenters. The van der Waals surface area contributed by atoms with Gasteiger partial charge in [0.15, 0.2) is 0 Å². The van der Waals surface area contributed by atoms with E-state index >= 15 is 0 Å². The van der Waals surface area contributed by atoms with Gasteiger partial charge >= 0.3 is 11.8 Å². The highest BCUT2D eigenvalue weighted by molar-refractivity contribution is 6.39. The molecule has 0 saturated carbocycles. The Morgan fingerprint density at radius 2 is 1.62 bits per heavy atom. The van der Waals surface area contributed by atoms with Gasteiger partial charge < -0.3 is 5.32 Å². The lowest BCUT2D eigenvalue weighted by molar-refractivity contribution is -0.148. The predicted molar refractivity (Wildman–Crippen MR) is 89.2 cm³/mol. The normalized spacial score (nSPS) is 17.5. The number of aryl methyl sites for hydroxylation is 1. The van der Waals surface area contributed by atoms with Gasteiger partial charge in [-0.3, -0.25) is 19.3 Å². The maximum absolute atomic E-state index is 12.7. The molecule has 2 aromatic rings. The van der Waals surface area contributed by atoms with E-state index in [2.05, 4.69) is 5.32 Å². The standard InChI is InChI=1S/C19H18N2O3/c22-17-19(24)21(18(23)15-9-5-2-6-10-15)16(13-20-17)12-11-14-7-3-1-4-8-14/h1-10,16H,11-13H2,(H,20,22). The summed E-state index contributed by atoms with van der Waals surface area (Å²) < 4.78 is 0. The Labute approximate surface area is 140 Å². The van der Waals surface area contributed by atoms with Crippen LogP contribution in [0.5, 0.6) is 0 Å². The van der Waals surface area contributed by atoms with Gasteiger partial charge in [-0.1, -0.05) is 48.5 Å². The second kappa shape index (κ2) is 7.08. The Morgan fingerprint density at radius 1 is 1.00 bits per heavy atom. The van der Waals surface area contributed by atoms with Gasteiger partial charge in [0, 0.05) is 12.1 Å². The highest BCUT2D eigenvalue weighted by Gasteiger charge is 2.38. The highest BCUT2D eigenvalue weighted by Crippen LogP contribution is 2.16. The minimum absolute atomic E-state index is 0.288. The fourth-order valence-corrected chi connectivity index (χ4v) is 2.84. The zero-order chi connectivity index (χ0) is 16.9. The van der Waals surface area contributed by atoms with Crippen LogP contribution in [0.3, 0.4) is 0 Å². The van der Waals surface area contributed by atoms with Crippen LogP contribution >= 0.6 is 0 Å². The molecule has 1 fully saturated rings. The van der Waals surface area contributed by atoms with Crippen LogP contribution in [0.1, 0.15) is 22.3 Å². The highest BCUT2D eigenvalue weighted by atomic mass is 16.2. The molecule has 24 heavy (non-hydrogen) atoms. The lowest BCUT2D eigenvalue weighted by atomic mass is 10.0. The van der Waals surface area contributed by atoms with E-state index in [0.717, 1.165) is 16.9 Å². The van der Waals surface area contributed by atoms with Crippen LogP contribution in [-0.4, -0.2) is 35.2 Å². The van der Waals surface area contributed by atoms with Gasteiger partial charge in [0.25, 0.3) is 5.91 Å². The van der Waals surface area contributed by atoms with Crippen LogP contribution in [0.25, 0.3) is 0 Å². The topological polar surface area (TPSA) is 66.5 Å². The van der Waals surface area contributed by atoms with E-state index in [1.54, 1.807) is 30.3 Å². The van der Waals surface area contributed by atoms with Crippen molar-refractivity contribution in [1.82, 2.24) is 10.2 Å². The van der Waals surface area contributed by atoms with E-state index in [9.17, 15) is 14.4 Å².